The average Bonchev–Trinajstić information content (AvgIpc) is 3.01. The van der Waals surface area contributed by atoms with Gasteiger partial charge in [0.25, 0.3) is 0 Å². The topological polar surface area (TPSA) is 35.5 Å². The van der Waals surface area contributed by atoms with Gasteiger partial charge in [-0.25, -0.2) is 0 Å². The monoisotopic (exact) mass is 502 g/mol. The fourth-order valence-electron chi connectivity index (χ4n) is 8.34. The Hall–Kier alpha value is -0.496. The van der Waals surface area contributed by atoms with Gasteiger partial charge in [-0.15, -0.1) is 0 Å². The van der Waals surface area contributed by atoms with E-state index in [1.54, 1.807) is 0 Å². The first-order valence-electron chi connectivity index (χ1n) is 14.0. The van der Waals surface area contributed by atoms with Gasteiger partial charge in [-0.1, -0.05) is 31.6 Å². The Labute approximate surface area is 211 Å². The minimum atomic E-state index is -1.71. The number of ketones is 1. The minimum absolute atomic E-state index is 0.0859. The molecule has 0 aromatic heterocycles. The second-order valence-corrected chi connectivity index (χ2v) is 23.0. The van der Waals surface area contributed by atoms with Crippen LogP contribution in [0.3, 0.4) is 0 Å². The number of fused-ring (bicyclic) bond motifs is 5. The molecular formula is C29H50O3Si2. The molecule has 0 bridgehead atoms. The molecular weight excluding hydrogens is 452 g/mol. The highest BCUT2D eigenvalue weighted by Gasteiger charge is 2.65. The smallest absolute Gasteiger partial charge is 0.184 e. The van der Waals surface area contributed by atoms with E-state index >= 15 is 0 Å². The predicted molar refractivity (Wildman–Crippen MR) is 147 cm³/mol. The molecule has 3 saturated carbocycles. The van der Waals surface area contributed by atoms with Crippen LogP contribution in [0.15, 0.2) is 23.8 Å². The van der Waals surface area contributed by atoms with Crippen molar-refractivity contribution >= 4 is 22.4 Å². The summed E-state index contributed by atoms with van der Waals surface area (Å²) in [5.41, 5.74) is 1.61. The van der Waals surface area contributed by atoms with Crippen molar-refractivity contribution in [3.05, 3.63) is 23.8 Å². The molecule has 3 fully saturated rings. The van der Waals surface area contributed by atoms with Gasteiger partial charge in [-0.3, -0.25) is 4.79 Å². The number of allylic oxidation sites excluding steroid dienone is 1. The fraction of sp³-hybridized carbons (Fsp3) is 0.828. The third-order valence-electron chi connectivity index (χ3n) is 9.74. The van der Waals surface area contributed by atoms with Crippen LogP contribution in [0.5, 0.6) is 0 Å². The van der Waals surface area contributed by atoms with E-state index < -0.39 is 16.6 Å². The lowest BCUT2D eigenvalue weighted by Crippen LogP contribution is -2.58. The van der Waals surface area contributed by atoms with Gasteiger partial charge in [0.1, 0.15) is 0 Å². The lowest BCUT2D eigenvalue weighted by atomic mass is 9.46. The first kappa shape index (κ1) is 26.6. The summed E-state index contributed by atoms with van der Waals surface area (Å²) in [4.78, 5) is 12.4. The van der Waals surface area contributed by atoms with Crippen molar-refractivity contribution in [2.75, 3.05) is 6.61 Å². The number of carbonyl (C=O) groups is 1. The molecule has 0 N–H and O–H groups in total. The van der Waals surface area contributed by atoms with Crippen LogP contribution in [0.4, 0.5) is 0 Å². The third kappa shape index (κ3) is 4.64. The van der Waals surface area contributed by atoms with Crippen LogP contribution in [0.25, 0.3) is 0 Å². The van der Waals surface area contributed by atoms with E-state index in [-0.39, 0.29) is 16.4 Å². The van der Waals surface area contributed by atoms with E-state index in [4.69, 9.17) is 8.85 Å². The zero-order valence-electron chi connectivity index (χ0n) is 23.3. The molecule has 34 heavy (non-hydrogen) atoms. The molecule has 0 aromatic rings. The van der Waals surface area contributed by atoms with Gasteiger partial charge in [0.2, 0.25) is 0 Å². The fourth-order valence-corrected chi connectivity index (χ4v) is 10.5. The third-order valence-corrected chi connectivity index (χ3v) is 11.7. The van der Waals surface area contributed by atoms with Gasteiger partial charge in [0, 0.05) is 23.9 Å². The molecule has 0 spiro atoms. The Morgan fingerprint density at radius 1 is 0.971 bits per heavy atom. The zero-order chi connectivity index (χ0) is 25.0. The van der Waals surface area contributed by atoms with Crippen LogP contribution in [0.1, 0.15) is 71.6 Å². The highest BCUT2D eigenvalue weighted by atomic mass is 28.4. The van der Waals surface area contributed by atoms with Crippen LogP contribution in [-0.4, -0.2) is 34.6 Å². The SMILES string of the molecule is CCC=C[C@]1(O[Si](C)(C)C)CC[C@H]2[C@@H]3CCC4=CC(=O)CC[C@]4(CO[Si](C)(C)C)[C@H]3CC[C@@]21C. The maximum absolute atomic E-state index is 12.4. The van der Waals surface area contributed by atoms with Crippen molar-refractivity contribution < 1.29 is 13.6 Å². The molecule has 3 nitrogen and oxygen atoms in total. The van der Waals surface area contributed by atoms with Crippen molar-refractivity contribution in [3.63, 3.8) is 0 Å². The standard InChI is InChI=1S/C29H50O3Si2/c1-9-10-16-29(32-34(6,7)8)19-15-25-24-12-11-22-20-23(30)13-18-28(22,21-31-33(3,4)5)26(24)14-17-27(25,29)2/h10,16,20,24-26H,9,11-15,17-19,21H2,1-8H3/t24-,25-,26-,27-,28+,29-/m0/s1. The van der Waals surface area contributed by atoms with E-state index in [0.29, 0.717) is 24.0 Å². The zero-order valence-corrected chi connectivity index (χ0v) is 25.3. The Kier molecular flexibility index (Phi) is 7.12. The highest BCUT2D eigenvalue weighted by Crippen LogP contribution is 2.69. The molecule has 6 atom stereocenters. The Bertz CT molecular complexity index is 850. The molecule has 4 rings (SSSR count). The first-order valence-corrected chi connectivity index (χ1v) is 20.8. The van der Waals surface area contributed by atoms with Crippen LogP contribution < -0.4 is 0 Å². The Balaban J connectivity index is 1.70. The first-order chi connectivity index (χ1) is 15.8. The maximum Gasteiger partial charge on any atom is 0.184 e. The van der Waals surface area contributed by atoms with Crippen molar-refractivity contribution in [2.45, 2.75) is 117 Å². The Morgan fingerprint density at radius 2 is 1.68 bits per heavy atom. The molecule has 0 heterocycles. The molecule has 0 saturated heterocycles. The summed E-state index contributed by atoms with van der Waals surface area (Å²) >= 11 is 0. The summed E-state index contributed by atoms with van der Waals surface area (Å²) in [6.45, 7) is 19.6. The maximum atomic E-state index is 12.4. The van der Waals surface area contributed by atoms with Crippen molar-refractivity contribution in [1.29, 1.82) is 0 Å². The number of rotatable bonds is 7. The average molecular weight is 503 g/mol. The molecule has 0 aliphatic heterocycles. The summed E-state index contributed by atoms with van der Waals surface area (Å²) in [7, 11) is -3.35. The number of hydrogen-bond acceptors (Lipinski definition) is 3. The predicted octanol–water partition coefficient (Wildman–Crippen LogP) is 7.91. The summed E-state index contributed by atoms with van der Waals surface area (Å²) in [6, 6.07) is 0. The Morgan fingerprint density at radius 3 is 2.32 bits per heavy atom. The van der Waals surface area contributed by atoms with E-state index in [2.05, 4.69) is 65.3 Å². The van der Waals surface area contributed by atoms with Gasteiger partial charge < -0.3 is 8.85 Å². The molecule has 0 unspecified atom stereocenters. The molecule has 5 heteroatoms. The van der Waals surface area contributed by atoms with E-state index in [1.165, 1.54) is 31.3 Å². The highest BCUT2D eigenvalue weighted by molar-refractivity contribution is 6.70. The van der Waals surface area contributed by atoms with Crippen LogP contribution in [-0.2, 0) is 13.6 Å². The van der Waals surface area contributed by atoms with Crippen molar-refractivity contribution in [2.24, 2.45) is 28.6 Å². The van der Waals surface area contributed by atoms with Crippen molar-refractivity contribution in [3.8, 4) is 0 Å². The molecule has 0 amide bonds. The largest absolute Gasteiger partial charge is 0.417 e. The van der Waals surface area contributed by atoms with Gasteiger partial charge in [-0.05, 0) is 114 Å². The molecule has 4 aliphatic rings. The van der Waals surface area contributed by atoms with E-state index in [0.717, 1.165) is 38.2 Å². The summed E-state index contributed by atoms with van der Waals surface area (Å²) < 4.78 is 13.8. The van der Waals surface area contributed by atoms with Crippen LogP contribution in [0.2, 0.25) is 39.3 Å². The quantitative estimate of drug-likeness (QED) is 0.262. The van der Waals surface area contributed by atoms with E-state index in [1.807, 2.05) is 6.08 Å². The number of carbonyl (C=O) groups excluding carboxylic acids is 1. The summed E-state index contributed by atoms with van der Waals surface area (Å²) in [5.74, 6) is 2.40. The lowest BCUT2D eigenvalue weighted by Gasteiger charge is -2.61. The summed E-state index contributed by atoms with van der Waals surface area (Å²) in [5, 5.41) is 0. The van der Waals surface area contributed by atoms with Gasteiger partial charge >= 0.3 is 0 Å². The molecule has 0 radical (unpaired) electrons. The van der Waals surface area contributed by atoms with E-state index in [9.17, 15) is 4.79 Å². The summed E-state index contributed by atoms with van der Waals surface area (Å²) in [6.07, 6.45) is 16.9. The van der Waals surface area contributed by atoms with Gasteiger partial charge in [-0.2, -0.15) is 0 Å². The van der Waals surface area contributed by atoms with Crippen LogP contribution >= 0.6 is 0 Å². The second kappa shape index (κ2) is 9.11. The minimum Gasteiger partial charge on any atom is -0.417 e. The lowest BCUT2D eigenvalue weighted by molar-refractivity contribution is -0.122. The van der Waals surface area contributed by atoms with Gasteiger partial charge in [0.15, 0.2) is 22.4 Å². The molecule has 0 aromatic carbocycles. The molecule has 4 aliphatic carbocycles. The molecule has 192 valence electrons. The van der Waals surface area contributed by atoms with Crippen molar-refractivity contribution in [1.82, 2.24) is 0 Å². The van der Waals surface area contributed by atoms with Gasteiger partial charge in [0.05, 0.1) is 5.60 Å². The second-order valence-electron chi connectivity index (χ2n) is 14.0. The number of hydrogen-bond donors (Lipinski definition) is 0. The van der Waals surface area contributed by atoms with Crippen LogP contribution in [0, 0.1) is 28.6 Å². The normalized spacial score (nSPS) is 40.6.